The van der Waals surface area contributed by atoms with Crippen LogP contribution in [0.3, 0.4) is 0 Å². The zero-order chi connectivity index (χ0) is 15.9. The maximum absolute atomic E-state index is 12.1. The molecular weight excluding hydrogens is 278 g/mol. The van der Waals surface area contributed by atoms with Gasteiger partial charge in [0.1, 0.15) is 0 Å². The number of hydrogen-bond donors (Lipinski definition) is 1. The van der Waals surface area contributed by atoms with Crippen molar-refractivity contribution in [3.63, 3.8) is 0 Å². The molecule has 1 atom stereocenters. The Morgan fingerprint density at radius 2 is 1.64 bits per heavy atom. The first-order valence-corrected chi connectivity index (χ1v) is 6.90. The monoisotopic (exact) mass is 295 g/mol. The third-order valence-corrected chi connectivity index (χ3v) is 3.00. The molecule has 2 aromatic rings. The van der Waals surface area contributed by atoms with E-state index in [0.717, 1.165) is 5.56 Å². The number of aryl methyl sites for hydroxylation is 1. The van der Waals surface area contributed by atoms with Gasteiger partial charge in [0.2, 0.25) is 6.04 Å². The van der Waals surface area contributed by atoms with Crippen molar-refractivity contribution >= 4 is 23.1 Å². The van der Waals surface area contributed by atoms with Crippen molar-refractivity contribution in [3.8, 4) is 0 Å². The van der Waals surface area contributed by atoms with Crippen LogP contribution < -0.4 is 5.32 Å². The van der Waals surface area contributed by atoms with Crippen molar-refractivity contribution < 1.29 is 9.59 Å². The average molecular weight is 295 g/mol. The standard InChI is InChI=1S/C17H17N3O2/c1-12-8-10-15(11-9-12)19-20-16(13(2)21)17(22)18-14-6-4-3-5-7-14/h3-11,16H,1-2H3,(H,18,22)/b20-19+. The van der Waals surface area contributed by atoms with E-state index >= 15 is 0 Å². The van der Waals surface area contributed by atoms with Crippen molar-refractivity contribution in [3.05, 3.63) is 60.2 Å². The Morgan fingerprint density at radius 3 is 2.23 bits per heavy atom. The van der Waals surface area contributed by atoms with Crippen molar-refractivity contribution in [1.82, 2.24) is 0 Å². The summed E-state index contributed by atoms with van der Waals surface area (Å²) in [7, 11) is 0. The minimum atomic E-state index is -1.15. The number of nitrogens with one attached hydrogen (secondary N) is 1. The molecule has 0 aliphatic carbocycles. The van der Waals surface area contributed by atoms with Crippen molar-refractivity contribution in [2.45, 2.75) is 19.9 Å². The van der Waals surface area contributed by atoms with Crippen LogP contribution in [-0.4, -0.2) is 17.7 Å². The molecule has 0 saturated carbocycles. The number of anilines is 1. The van der Waals surface area contributed by atoms with E-state index in [4.69, 9.17) is 0 Å². The molecule has 2 rings (SSSR count). The molecule has 1 unspecified atom stereocenters. The maximum atomic E-state index is 12.1. The number of rotatable bonds is 5. The van der Waals surface area contributed by atoms with Crippen LogP contribution in [0, 0.1) is 6.92 Å². The van der Waals surface area contributed by atoms with Crippen LogP contribution >= 0.6 is 0 Å². The van der Waals surface area contributed by atoms with E-state index in [1.807, 2.05) is 25.1 Å². The molecule has 0 aliphatic heterocycles. The van der Waals surface area contributed by atoms with Crippen LogP contribution in [0.15, 0.2) is 64.8 Å². The number of hydrogen-bond acceptors (Lipinski definition) is 4. The SMILES string of the molecule is CC(=O)C(/N=N/c1ccc(C)cc1)C(=O)Nc1ccccc1. The van der Waals surface area contributed by atoms with Gasteiger partial charge < -0.3 is 5.32 Å². The van der Waals surface area contributed by atoms with Crippen LogP contribution in [0.5, 0.6) is 0 Å². The highest BCUT2D eigenvalue weighted by Gasteiger charge is 2.23. The molecule has 2 aromatic carbocycles. The summed E-state index contributed by atoms with van der Waals surface area (Å²) in [6.07, 6.45) is 0. The minimum absolute atomic E-state index is 0.357. The highest BCUT2D eigenvalue weighted by molar-refractivity contribution is 6.10. The van der Waals surface area contributed by atoms with Gasteiger partial charge >= 0.3 is 0 Å². The molecule has 5 nitrogen and oxygen atoms in total. The summed E-state index contributed by atoms with van der Waals surface area (Å²) in [6, 6.07) is 15.1. The fourth-order valence-electron chi connectivity index (χ4n) is 1.79. The molecule has 0 aromatic heterocycles. The van der Waals surface area contributed by atoms with E-state index in [0.29, 0.717) is 11.4 Å². The van der Waals surface area contributed by atoms with E-state index in [-0.39, 0.29) is 5.78 Å². The lowest BCUT2D eigenvalue weighted by molar-refractivity contribution is -0.126. The predicted molar refractivity (Wildman–Crippen MR) is 85.2 cm³/mol. The summed E-state index contributed by atoms with van der Waals surface area (Å²) in [4.78, 5) is 23.8. The number of para-hydroxylation sites is 1. The summed E-state index contributed by atoms with van der Waals surface area (Å²) < 4.78 is 0. The number of carbonyl (C=O) groups excluding carboxylic acids is 2. The van der Waals surface area contributed by atoms with Crippen molar-refractivity contribution in [2.24, 2.45) is 10.2 Å². The number of azo groups is 1. The molecule has 0 fully saturated rings. The number of Topliss-reactive ketones (excluding diaryl/α,β-unsaturated/α-hetero) is 1. The molecule has 0 heterocycles. The van der Waals surface area contributed by atoms with E-state index in [1.54, 1.807) is 36.4 Å². The quantitative estimate of drug-likeness (QED) is 0.675. The summed E-state index contributed by atoms with van der Waals surface area (Å²) in [5, 5.41) is 10.5. The summed E-state index contributed by atoms with van der Waals surface area (Å²) >= 11 is 0. The highest BCUT2D eigenvalue weighted by atomic mass is 16.2. The first kappa shape index (κ1) is 15.6. The second kappa shape index (κ2) is 7.26. The molecule has 22 heavy (non-hydrogen) atoms. The van der Waals surface area contributed by atoms with E-state index in [1.165, 1.54) is 6.92 Å². The first-order valence-electron chi connectivity index (χ1n) is 6.90. The van der Waals surface area contributed by atoms with Crippen molar-refractivity contribution in [2.75, 3.05) is 5.32 Å². The van der Waals surface area contributed by atoms with E-state index < -0.39 is 11.9 Å². The van der Waals surface area contributed by atoms with Gasteiger partial charge in [-0.2, -0.15) is 10.2 Å². The maximum Gasteiger partial charge on any atom is 0.258 e. The Bertz CT molecular complexity index is 679. The Kier molecular flexibility index (Phi) is 5.14. The number of ketones is 1. The highest BCUT2D eigenvalue weighted by Crippen LogP contribution is 2.14. The average Bonchev–Trinajstić information content (AvgIpc) is 2.50. The second-order valence-corrected chi connectivity index (χ2v) is 4.92. The Morgan fingerprint density at radius 1 is 1.00 bits per heavy atom. The zero-order valence-electron chi connectivity index (χ0n) is 12.5. The van der Waals surface area contributed by atoms with Gasteiger partial charge in [-0.05, 0) is 38.1 Å². The lowest BCUT2D eigenvalue weighted by Crippen LogP contribution is -2.31. The molecule has 0 spiro atoms. The van der Waals surface area contributed by atoms with Crippen LogP contribution in [-0.2, 0) is 9.59 Å². The summed E-state index contributed by atoms with van der Waals surface area (Å²) in [6.45, 7) is 3.29. The first-order chi connectivity index (χ1) is 10.6. The fraction of sp³-hybridized carbons (Fsp3) is 0.176. The third kappa shape index (κ3) is 4.34. The van der Waals surface area contributed by atoms with Gasteiger partial charge in [0.05, 0.1) is 5.69 Å². The van der Waals surface area contributed by atoms with E-state index in [9.17, 15) is 9.59 Å². The Hall–Kier alpha value is -2.82. The van der Waals surface area contributed by atoms with Gasteiger partial charge in [0.15, 0.2) is 5.78 Å². The van der Waals surface area contributed by atoms with Gasteiger partial charge in [-0.1, -0.05) is 35.9 Å². The summed E-state index contributed by atoms with van der Waals surface area (Å²) in [5.41, 5.74) is 2.32. The zero-order valence-corrected chi connectivity index (χ0v) is 12.5. The predicted octanol–water partition coefficient (Wildman–Crippen LogP) is 3.68. The Balaban J connectivity index is 2.11. The molecular formula is C17H17N3O2. The molecule has 0 radical (unpaired) electrons. The fourth-order valence-corrected chi connectivity index (χ4v) is 1.79. The van der Waals surface area contributed by atoms with Crippen LogP contribution in [0.25, 0.3) is 0 Å². The molecule has 1 N–H and O–H groups in total. The molecule has 112 valence electrons. The topological polar surface area (TPSA) is 70.9 Å². The molecule has 0 aliphatic rings. The molecule has 5 heteroatoms. The van der Waals surface area contributed by atoms with Gasteiger partial charge in [0.25, 0.3) is 5.91 Å². The Labute approximate surface area is 129 Å². The number of nitrogens with zero attached hydrogens (tertiary/aromatic N) is 2. The number of amides is 1. The smallest absolute Gasteiger partial charge is 0.258 e. The third-order valence-electron chi connectivity index (χ3n) is 3.00. The van der Waals surface area contributed by atoms with Gasteiger partial charge in [-0.15, -0.1) is 0 Å². The van der Waals surface area contributed by atoms with Gasteiger partial charge in [-0.3, -0.25) is 9.59 Å². The molecule has 1 amide bonds. The number of benzene rings is 2. The van der Waals surface area contributed by atoms with Crippen LogP contribution in [0.4, 0.5) is 11.4 Å². The second-order valence-electron chi connectivity index (χ2n) is 4.92. The van der Waals surface area contributed by atoms with Gasteiger partial charge in [0, 0.05) is 5.69 Å². The molecule has 0 bridgehead atoms. The lowest BCUT2D eigenvalue weighted by atomic mass is 10.2. The largest absolute Gasteiger partial charge is 0.324 e. The van der Waals surface area contributed by atoms with Crippen LogP contribution in [0.1, 0.15) is 12.5 Å². The molecule has 0 saturated heterocycles. The van der Waals surface area contributed by atoms with Crippen molar-refractivity contribution in [1.29, 1.82) is 0 Å². The van der Waals surface area contributed by atoms with Crippen LogP contribution in [0.2, 0.25) is 0 Å². The lowest BCUT2D eigenvalue weighted by Gasteiger charge is -2.09. The minimum Gasteiger partial charge on any atom is -0.324 e. The summed E-state index contributed by atoms with van der Waals surface area (Å²) in [5.74, 6) is -0.848. The van der Waals surface area contributed by atoms with E-state index in [2.05, 4.69) is 15.5 Å². The normalized spacial score (nSPS) is 12.1. The number of carbonyl (C=O) groups is 2. The van der Waals surface area contributed by atoms with Gasteiger partial charge in [-0.25, -0.2) is 0 Å².